The third-order valence-corrected chi connectivity index (χ3v) is 4.82. The van der Waals surface area contributed by atoms with Gasteiger partial charge in [-0.05, 0) is 24.2 Å². The molecule has 0 aliphatic carbocycles. The number of carboxylic acids is 1. The number of rotatable bonds is 5. The van der Waals surface area contributed by atoms with Gasteiger partial charge in [-0.1, -0.05) is 40.5 Å². The van der Waals surface area contributed by atoms with Crippen LogP contribution in [0.1, 0.15) is 53.4 Å². The predicted octanol–water partition coefficient (Wildman–Crippen LogP) is 2.71. The molecule has 116 valence electrons. The van der Waals surface area contributed by atoms with E-state index in [0.29, 0.717) is 5.41 Å². The lowest BCUT2D eigenvalue weighted by Crippen LogP contribution is -2.53. The highest BCUT2D eigenvalue weighted by Gasteiger charge is 2.34. The molecule has 1 rings (SSSR count). The Morgan fingerprint density at radius 2 is 1.70 bits per heavy atom. The van der Waals surface area contributed by atoms with Gasteiger partial charge >= 0.3 is 12.0 Å². The van der Waals surface area contributed by atoms with E-state index < -0.39 is 12.0 Å². The number of hydrogen-bond acceptors (Lipinski definition) is 2. The summed E-state index contributed by atoms with van der Waals surface area (Å²) in [6.45, 7) is 9.45. The second-order valence-corrected chi connectivity index (χ2v) is 6.20. The molecule has 1 atom stereocenters. The minimum absolute atomic E-state index is 0.119. The molecule has 20 heavy (non-hydrogen) atoms. The van der Waals surface area contributed by atoms with E-state index in [1.165, 1.54) is 0 Å². The highest BCUT2D eigenvalue weighted by molar-refractivity contribution is 5.82. The number of likely N-dealkylation sites (tertiary alicyclic amines) is 1. The molecule has 2 N–H and O–H groups in total. The van der Waals surface area contributed by atoms with Gasteiger partial charge in [-0.15, -0.1) is 0 Å². The summed E-state index contributed by atoms with van der Waals surface area (Å²) in [4.78, 5) is 25.0. The van der Waals surface area contributed by atoms with Crippen molar-refractivity contribution >= 4 is 12.0 Å². The third kappa shape index (κ3) is 3.87. The molecule has 1 fully saturated rings. The summed E-state index contributed by atoms with van der Waals surface area (Å²) in [7, 11) is 0. The number of aliphatic carboxylic acids is 1. The van der Waals surface area contributed by atoms with E-state index in [1.807, 2.05) is 0 Å². The van der Waals surface area contributed by atoms with Crippen LogP contribution in [0.5, 0.6) is 0 Å². The normalized spacial score (nSPS) is 19.8. The van der Waals surface area contributed by atoms with Crippen LogP contribution in [-0.4, -0.2) is 41.1 Å². The molecule has 0 aromatic rings. The topological polar surface area (TPSA) is 69.6 Å². The molecule has 0 aromatic heterocycles. The van der Waals surface area contributed by atoms with Crippen LogP contribution in [0.3, 0.4) is 0 Å². The van der Waals surface area contributed by atoms with E-state index in [9.17, 15) is 9.59 Å². The van der Waals surface area contributed by atoms with Gasteiger partial charge in [0.25, 0.3) is 0 Å². The van der Waals surface area contributed by atoms with Gasteiger partial charge in [-0.25, -0.2) is 9.59 Å². The van der Waals surface area contributed by atoms with Crippen molar-refractivity contribution in [3.05, 3.63) is 0 Å². The minimum atomic E-state index is -0.971. The van der Waals surface area contributed by atoms with Gasteiger partial charge in [0.15, 0.2) is 0 Å². The standard InChI is InChI=1S/C15H28N2O3/c1-5-15(6-2)7-9-17(10-8-15)14(20)16-12(11(3)4)13(18)19/h11-12H,5-10H2,1-4H3,(H,16,20)(H,18,19). The number of nitrogens with zero attached hydrogens (tertiary/aromatic N) is 1. The fourth-order valence-corrected chi connectivity index (χ4v) is 2.88. The van der Waals surface area contributed by atoms with Crippen LogP contribution < -0.4 is 5.32 Å². The lowest BCUT2D eigenvalue weighted by atomic mass is 9.74. The average molecular weight is 284 g/mol. The van der Waals surface area contributed by atoms with Crippen molar-refractivity contribution in [2.24, 2.45) is 11.3 Å². The lowest BCUT2D eigenvalue weighted by molar-refractivity contribution is -0.140. The SMILES string of the molecule is CCC1(CC)CCN(C(=O)NC(C(=O)O)C(C)C)CC1. The van der Waals surface area contributed by atoms with Crippen LogP contribution in [-0.2, 0) is 4.79 Å². The number of amides is 2. The zero-order chi connectivity index (χ0) is 15.3. The smallest absolute Gasteiger partial charge is 0.326 e. The van der Waals surface area contributed by atoms with Crippen molar-refractivity contribution < 1.29 is 14.7 Å². The molecule has 0 bridgehead atoms. The number of carbonyl (C=O) groups is 2. The summed E-state index contributed by atoms with van der Waals surface area (Å²) >= 11 is 0. The zero-order valence-corrected chi connectivity index (χ0v) is 13.1. The molecule has 1 saturated heterocycles. The Labute approximate surface area is 121 Å². The monoisotopic (exact) mass is 284 g/mol. The molecule has 1 unspecified atom stereocenters. The van der Waals surface area contributed by atoms with Crippen molar-refractivity contribution in [2.45, 2.75) is 59.4 Å². The summed E-state index contributed by atoms with van der Waals surface area (Å²) in [6, 6.07) is -1.06. The third-order valence-electron chi connectivity index (χ3n) is 4.82. The Balaban J connectivity index is 2.56. The van der Waals surface area contributed by atoms with Crippen LogP contribution in [0, 0.1) is 11.3 Å². The van der Waals surface area contributed by atoms with E-state index >= 15 is 0 Å². The molecular formula is C15H28N2O3. The Kier molecular flexibility index (Phi) is 5.84. The first-order valence-corrected chi connectivity index (χ1v) is 7.63. The van der Waals surface area contributed by atoms with Crippen LogP contribution in [0.25, 0.3) is 0 Å². The van der Waals surface area contributed by atoms with Gasteiger partial charge in [-0.2, -0.15) is 0 Å². The number of carboxylic acid groups (broad SMARTS) is 1. The summed E-state index contributed by atoms with van der Waals surface area (Å²) in [6.07, 6.45) is 4.30. The molecular weight excluding hydrogens is 256 g/mol. The predicted molar refractivity (Wildman–Crippen MR) is 78.6 cm³/mol. The molecule has 0 aromatic carbocycles. The summed E-state index contributed by atoms with van der Waals surface area (Å²) in [5.74, 6) is -1.09. The molecule has 1 aliphatic rings. The number of piperidine rings is 1. The highest BCUT2D eigenvalue weighted by atomic mass is 16.4. The van der Waals surface area contributed by atoms with Crippen molar-refractivity contribution in [3.63, 3.8) is 0 Å². The maximum Gasteiger partial charge on any atom is 0.326 e. The minimum Gasteiger partial charge on any atom is -0.480 e. The zero-order valence-electron chi connectivity index (χ0n) is 13.1. The van der Waals surface area contributed by atoms with E-state index in [0.717, 1.165) is 38.8 Å². The molecule has 2 amide bonds. The van der Waals surface area contributed by atoms with E-state index in [1.54, 1.807) is 18.7 Å². The summed E-state index contributed by atoms with van der Waals surface area (Å²) in [5.41, 5.74) is 0.362. The van der Waals surface area contributed by atoms with E-state index in [2.05, 4.69) is 19.2 Å². The first-order chi connectivity index (χ1) is 9.35. The van der Waals surface area contributed by atoms with Crippen molar-refractivity contribution in [1.29, 1.82) is 0 Å². The van der Waals surface area contributed by atoms with Gasteiger partial charge in [0.05, 0.1) is 0 Å². The van der Waals surface area contributed by atoms with Gasteiger partial charge in [0, 0.05) is 13.1 Å². The second kappa shape index (κ2) is 6.95. The highest BCUT2D eigenvalue weighted by Crippen LogP contribution is 2.37. The summed E-state index contributed by atoms with van der Waals surface area (Å²) < 4.78 is 0. The Morgan fingerprint density at radius 3 is 2.05 bits per heavy atom. The average Bonchev–Trinajstić information content (AvgIpc) is 2.43. The quantitative estimate of drug-likeness (QED) is 0.815. The van der Waals surface area contributed by atoms with Gasteiger partial charge in [-0.3, -0.25) is 0 Å². The van der Waals surface area contributed by atoms with E-state index in [-0.39, 0.29) is 11.9 Å². The Bertz CT molecular complexity index is 341. The molecule has 5 heteroatoms. The second-order valence-electron chi connectivity index (χ2n) is 6.20. The van der Waals surface area contributed by atoms with Crippen LogP contribution in [0.4, 0.5) is 4.79 Å². The van der Waals surface area contributed by atoms with Crippen molar-refractivity contribution in [1.82, 2.24) is 10.2 Å². The number of hydrogen-bond donors (Lipinski definition) is 2. The van der Waals surface area contributed by atoms with Crippen LogP contribution >= 0.6 is 0 Å². The number of carbonyl (C=O) groups excluding carboxylic acids is 1. The number of urea groups is 1. The number of nitrogens with one attached hydrogen (secondary N) is 1. The maximum absolute atomic E-state index is 12.2. The van der Waals surface area contributed by atoms with Gasteiger partial charge in [0.1, 0.15) is 6.04 Å². The largest absolute Gasteiger partial charge is 0.480 e. The molecule has 1 aliphatic heterocycles. The molecule has 0 spiro atoms. The first-order valence-electron chi connectivity index (χ1n) is 7.63. The lowest BCUT2D eigenvalue weighted by Gasteiger charge is -2.41. The maximum atomic E-state index is 12.2. The fourth-order valence-electron chi connectivity index (χ4n) is 2.88. The molecule has 0 radical (unpaired) electrons. The molecule has 1 heterocycles. The summed E-state index contributed by atoms with van der Waals surface area (Å²) in [5, 5.41) is 11.8. The van der Waals surface area contributed by atoms with Gasteiger partial charge < -0.3 is 15.3 Å². The Hall–Kier alpha value is -1.26. The van der Waals surface area contributed by atoms with Gasteiger partial charge in [0.2, 0.25) is 0 Å². The van der Waals surface area contributed by atoms with Crippen molar-refractivity contribution in [2.75, 3.05) is 13.1 Å². The van der Waals surface area contributed by atoms with Crippen LogP contribution in [0.2, 0.25) is 0 Å². The van der Waals surface area contributed by atoms with Crippen LogP contribution in [0.15, 0.2) is 0 Å². The first kappa shape index (κ1) is 16.8. The fraction of sp³-hybridized carbons (Fsp3) is 0.867. The van der Waals surface area contributed by atoms with E-state index in [4.69, 9.17) is 5.11 Å². The molecule has 0 saturated carbocycles. The van der Waals surface area contributed by atoms with Crippen molar-refractivity contribution in [3.8, 4) is 0 Å². The Morgan fingerprint density at radius 1 is 1.20 bits per heavy atom. The molecule has 5 nitrogen and oxygen atoms in total.